The quantitative estimate of drug-likeness (QED) is 0.551. The number of fused-ring (bicyclic) bond motifs is 1. The molecule has 3 nitrogen and oxygen atoms in total. The number of hydrogen-bond acceptors (Lipinski definition) is 2. The van der Waals surface area contributed by atoms with E-state index in [1.165, 1.54) is 16.5 Å². The molecule has 0 atom stereocenters. The summed E-state index contributed by atoms with van der Waals surface area (Å²) in [6.07, 6.45) is 3.80. The predicted molar refractivity (Wildman–Crippen MR) is 99.0 cm³/mol. The Balaban J connectivity index is 1.80. The standard InChI is InChI=1S/C21H19N3/c1-13-8-19(12-23-15(13)3)16-4-5-20-18(10-16)11-21(24-20)17-6-7-22-14(2)9-17/h4-12,24H,1-3H3. The molecule has 0 aliphatic heterocycles. The van der Waals surface area contributed by atoms with E-state index in [1.807, 2.05) is 32.3 Å². The summed E-state index contributed by atoms with van der Waals surface area (Å²) in [5.41, 5.74) is 9.08. The van der Waals surface area contributed by atoms with Gasteiger partial charge in [0, 0.05) is 51.5 Å². The number of nitrogens with zero attached hydrogens (tertiary/aromatic N) is 2. The molecule has 4 aromatic rings. The number of hydrogen-bond donors (Lipinski definition) is 1. The number of aryl methyl sites for hydroxylation is 3. The van der Waals surface area contributed by atoms with E-state index >= 15 is 0 Å². The molecule has 3 heteroatoms. The lowest BCUT2D eigenvalue weighted by Crippen LogP contribution is -1.88. The number of nitrogens with one attached hydrogen (secondary N) is 1. The molecule has 4 rings (SSSR count). The molecule has 1 N–H and O–H groups in total. The van der Waals surface area contributed by atoms with Crippen molar-refractivity contribution in [2.45, 2.75) is 20.8 Å². The van der Waals surface area contributed by atoms with Gasteiger partial charge in [-0.2, -0.15) is 0 Å². The fourth-order valence-corrected chi connectivity index (χ4v) is 2.98. The van der Waals surface area contributed by atoms with Crippen LogP contribution >= 0.6 is 0 Å². The molecule has 0 amide bonds. The Morgan fingerprint density at radius 3 is 2.46 bits per heavy atom. The largest absolute Gasteiger partial charge is 0.355 e. The second-order valence-corrected chi connectivity index (χ2v) is 6.30. The third-order valence-corrected chi connectivity index (χ3v) is 4.50. The average molecular weight is 313 g/mol. The van der Waals surface area contributed by atoms with E-state index < -0.39 is 0 Å². The van der Waals surface area contributed by atoms with Crippen molar-refractivity contribution in [1.29, 1.82) is 0 Å². The summed E-state index contributed by atoms with van der Waals surface area (Å²) in [4.78, 5) is 12.2. The van der Waals surface area contributed by atoms with Gasteiger partial charge < -0.3 is 4.98 Å². The van der Waals surface area contributed by atoms with Crippen LogP contribution in [0, 0.1) is 20.8 Å². The van der Waals surface area contributed by atoms with Crippen LogP contribution in [0.5, 0.6) is 0 Å². The van der Waals surface area contributed by atoms with Gasteiger partial charge in [-0.15, -0.1) is 0 Å². The maximum Gasteiger partial charge on any atom is 0.0466 e. The Morgan fingerprint density at radius 1 is 0.792 bits per heavy atom. The third kappa shape index (κ3) is 2.58. The van der Waals surface area contributed by atoms with Gasteiger partial charge in [-0.25, -0.2) is 0 Å². The van der Waals surface area contributed by atoms with E-state index in [-0.39, 0.29) is 0 Å². The zero-order valence-corrected chi connectivity index (χ0v) is 14.1. The molecule has 0 saturated heterocycles. The van der Waals surface area contributed by atoms with Gasteiger partial charge in [0.1, 0.15) is 0 Å². The van der Waals surface area contributed by atoms with Crippen molar-refractivity contribution in [2.75, 3.05) is 0 Å². The lowest BCUT2D eigenvalue weighted by atomic mass is 10.0. The minimum atomic E-state index is 1.02. The number of H-pyrrole nitrogens is 1. The van der Waals surface area contributed by atoms with E-state index in [1.54, 1.807) is 0 Å². The van der Waals surface area contributed by atoms with Crippen LogP contribution in [0.1, 0.15) is 17.0 Å². The van der Waals surface area contributed by atoms with Crippen molar-refractivity contribution in [3.8, 4) is 22.4 Å². The Labute approximate surface area is 141 Å². The molecule has 0 unspecified atom stereocenters. The van der Waals surface area contributed by atoms with E-state index in [0.717, 1.165) is 33.7 Å². The molecule has 0 saturated carbocycles. The van der Waals surface area contributed by atoms with Crippen molar-refractivity contribution < 1.29 is 0 Å². The van der Waals surface area contributed by atoms with Gasteiger partial charge in [0.25, 0.3) is 0 Å². The van der Waals surface area contributed by atoms with Gasteiger partial charge in [0.2, 0.25) is 0 Å². The highest BCUT2D eigenvalue weighted by Gasteiger charge is 2.07. The first-order valence-electron chi connectivity index (χ1n) is 8.09. The van der Waals surface area contributed by atoms with Crippen LogP contribution in [0.25, 0.3) is 33.3 Å². The van der Waals surface area contributed by atoms with Gasteiger partial charge in [-0.1, -0.05) is 6.07 Å². The van der Waals surface area contributed by atoms with Gasteiger partial charge in [0.15, 0.2) is 0 Å². The number of pyridine rings is 2. The highest BCUT2D eigenvalue weighted by atomic mass is 14.7. The maximum atomic E-state index is 4.48. The first-order valence-corrected chi connectivity index (χ1v) is 8.09. The van der Waals surface area contributed by atoms with Crippen molar-refractivity contribution in [3.63, 3.8) is 0 Å². The smallest absolute Gasteiger partial charge is 0.0466 e. The molecule has 3 heterocycles. The normalized spacial score (nSPS) is 11.1. The lowest BCUT2D eigenvalue weighted by Gasteiger charge is -2.05. The summed E-state index contributed by atoms with van der Waals surface area (Å²) in [5.74, 6) is 0. The second kappa shape index (κ2) is 5.60. The molecule has 24 heavy (non-hydrogen) atoms. The van der Waals surface area contributed by atoms with Crippen molar-refractivity contribution >= 4 is 10.9 Å². The molecule has 3 aromatic heterocycles. The summed E-state index contributed by atoms with van der Waals surface area (Å²) in [6.45, 7) is 6.15. The Hall–Kier alpha value is -2.94. The van der Waals surface area contributed by atoms with Gasteiger partial charge in [0.05, 0.1) is 0 Å². The average Bonchev–Trinajstić information content (AvgIpc) is 3.00. The summed E-state index contributed by atoms with van der Waals surface area (Å²) < 4.78 is 0. The van der Waals surface area contributed by atoms with E-state index in [2.05, 4.69) is 58.3 Å². The van der Waals surface area contributed by atoms with Crippen molar-refractivity contribution in [1.82, 2.24) is 15.0 Å². The number of aromatic amines is 1. The SMILES string of the molecule is Cc1cc(-c2cc3cc(-c4cnc(C)c(C)c4)ccc3[nH]2)ccn1. The monoisotopic (exact) mass is 313 g/mol. The van der Waals surface area contributed by atoms with Crippen LogP contribution in [-0.4, -0.2) is 15.0 Å². The Bertz CT molecular complexity index is 1040. The van der Waals surface area contributed by atoms with Crippen LogP contribution in [0.4, 0.5) is 0 Å². The van der Waals surface area contributed by atoms with Crippen LogP contribution in [0.15, 0.2) is 54.9 Å². The minimum absolute atomic E-state index is 1.02. The molecule has 0 aliphatic rings. The number of benzene rings is 1. The van der Waals surface area contributed by atoms with Crippen molar-refractivity contribution in [3.05, 3.63) is 71.8 Å². The molecule has 0 spiro atoms. The zero-order valence-electron chi connectivity index (χ0n) is 14.1. The first kappa shape index (κ1) is 14.6. The molecule has 1 aromatic carbocycles. The molecule has 0 radical (unpaired) electrons. The highest BCUT2D eigenvalue weighted by molar-refractivity contribution is 5.89. The number of rotatable bonds is 2. The Morgan fingerprint density at radius 2 is 1.67 bits per heavy atom. The van der Waals surface area contributed by atoms with Crippen LogP contribution < -0.4 is 0 Å². The molecule has 0 aliphatic carbocycles. The van der Waals surface area contributed by atoms with E-state index in [9.17, 15) is 0 Å². The fraction of sp³-hybridized carbons (Fsp3) is 0.143. The maximum absolute atomic E-state index is 4.48. The molecule has 0 fully saturated rings. The summed E-state index contributed by atoms with van der Waals surface area (Å²) >= 11 is 0. The molecule has 118 valence electrons. The topological polar surface area (TPSA) is 41.6 Å². The highest BCUT2D eigenvalue weighted by Crippen LogP contribution is 2.29. The van der Waals surface area contributed by atoms with Gasteiger partial charge in [-0.05, 0) is 68.3 Å². The van der Waals surface area contributed by atoms with Crippen LogP contribution in [0.3, 0.4) is 0 Å². The van der Waals surface area contributed by atoms with Crippen LogP contribution in [0.2, 0.25) is 0 Å². The minimum Gasteiger partial charge on any atom is -0.355 e. The van der Waals surface area contributed by atoms with Crippen molar-refractivity contribution in [2.24, 2.45) is 0 Å². The van der Waals surface area contributed by atoms with E-state index in [0.29, 0.717) is 0 Å². The Kier molecular flexibility index (Phi) is 3.42. The summed E-state index contributed by atoms with van der Waals surface area (Å²) in [6, 6.07) is 15.0. The lowest BCUT2D eigenvalue weighted by molar-refractivity contribution is 1.15. The van der Waals surface area contributed by atoms with Gasteiger partial charge in [-0.3, -0.25) is 9.97 Å². The second-order valence-electron chi connectivity index (χ2n) is 6.30. The van der Waals surface area contributed by atoms with E-state index in [4.69, 9.17) is 0 Å². The fourth-order valence-electron chi connectivity index (χ4n) is 2.98. The zero-order chi connectivity index (χ0) is 16.7. The first-order chi connectivity index (χ1) is 11.6. The summed E-state index contributed by atoms with van der Waals surface area (Å²) in [5, 5.41) is 1.20. The third-order valence-electron chi connectivity index (χ3n) is 4.50. The molecular weight excluding hydrogens is 294 g/mol. The molecular formula is C21H19N3. The predicted octanol–water partition coefficient (Wildman–Crippen LogP) is 5.22. The van der Waals surface area contributed by atoms with Crippen LogP contribution in [-0.2, 0) is 0 Å². The summed E-state index contributed by atoms with van der Waals surface area (Å²) in [7, 11) is 0. The number of aromatic nitrogens is 3. The van der Waals surface area contributed by atoms with Gasteiger partial charge >= 0.3 is 0 Å². The molecule has 0 bridgehead atoms.